The molecule has 0 aromatic rings. The van der Waals surface area contributed by atoms with Crippen molar-refractivity contribution >= 4 is 36.2 Å². The minimum Gasteiger partial charge on any atom is -0.277 e. The van der Waals surface area contributed by atoms with Gasteiger partial charge in [0.2, 0.25) is 0 Å². The first-order chi connectivity index (χ1) is 7.09. The number of amides is 2. The van der Waals surface area contributed by atoms with Crippen LogP contribution in [0.1, 0.15) is 27.7 Å². The summed E-state index contributed by atoms with van der Waals surface area (Å²) in [5.41, 5.74) is 0. The van der Waals surface area contributed by atoms with Crippen LogP contribution in [0.3, 0.4) is 0 Å². The van der Waals surface area contributed by atoms with Crippen LogP contribution < -0.4 is 0 Å². The summed E-state index contributed by atoms with van der Waals surface area (Å²) in [4.78, 5) is 23.9. The van der Waals surface area contributed by atoms with E-state index in [0.29, 0.717) is 4.91 Å². The van der Waals surface area contributed by atoms with Crippen LogP contribution in [-0.2, 0) is 9.59 Å². The fraction of sp³-hybridized carbons (Fsp3) is 0.600. The van der Waals surface area contributed by atoms with E-state index in [-0.39, 0.29) is 16.7 Å². The maximum Gasteiger partial charge on any atom is 0.268 e. The summed E-state index contributed by atoms with van der Waals surface area (Å²) in [6, 6.07) is 0. The van der Waals surface area contributed by atoms with Gasteiger partial charge in [0, 0.05) is 7.05 Å². The molecule has 1 rings (SSSR count). The molecule has 88 valence electrons. The smallest absolute Gasteiger partial charge is 0.268 e. The number of imide groups is 1. The predicted octanol–water partition coefficient (Wildman–Crippen LogP) is 2.54. The second kappa shape index (κ2) is 8.85. The van der Waals surface area contributed by atoms with Gasteiger partial charge in [-0.1, -0.05) is 27.7 Å². The van der Waals surface area contributed by atoms with Crippen molar-refractivity contribution < 1.29 is 9.59 Å². The summed E-state index contributed by atoms with van der Waals surface area (Å²) in [6.45, 7) is 8.00. The van der Waals surface area contributed by atoms with Crippen molar-refractivity contribution in [3.8, 4) is 0 Å². The molecule has 0 spiro atoms. The molecular formula is C10H19NO2S2. The van der Waals surface area contributed by atoms with Crippen molar-refractivity contribution in [1.82, 2.24) is 4.90 Å². The lowest BCUT2D eigenvalue weighted by Crippen LogP contribution is -2.26. The van der Waals surface area contributed by atoms with E-state index in [1.54, 1.807) is 6.26 Å². The van der Waals surface area contributed by atoms with Gasteiger partial charge in [-0.2, -0.15) is 0 Å². The van der Waals surface area contributed by atoms with Gasteiger partial charge in [0.15, 0.2) is 0 Å². The zero-order valence-corrected chi connectivity index (χ0v) is 11.8. The molecule has 0 fully saturated rings. The average molecular weight is 249 g/mol. The Bertz CT molecular complexity index is 262. The molecule has 1 aliphatic heterocycles. The second-order valence-corrected chi connectivity index (χ2v) is 3.31. The summed E-state index contributed by atoms with van der Waals surface area (Å²) < 4.78 is 0. The van der Waals surface area contributed by atoms with Gasteiger partial charge in [0.1, 0.15) is 0 Å². The fourth-order valence-electron chi connectivity index (χ4n) is 0.786. The van der Waals surface area contributed by atoms with E-state index >= 15 is 0 Å². The third-order valence-electron chi connectivity index (χ3n) is 1.43. The Hall–Kier alpha value is -0.420. The zero-order chi connectivity index (χ0) is 12.6. The van der Waals surface area contributed by atoms with Crippen molar-refractivity contribution in [2.45, 2.75) is 27.7 Å². The first-order valence-electron chi connectivity index (χ1n) is 4.89. The summed E-state index contributed by atoms with van der Waals surface area (Å²) >= 11 is 5.18. The molecule has 0 unspecified atom stereocenters. The molecule has 0 N–H and O–H groups in total. The van der Waals surface area contributed by atoms with Crippen LogP contribution in [0.4, 0.5) is 0 Å². The van der Waals surface area contributed by atoms with Crippen molar-refractivity contribution in [2.75, 3.05) is 13.3 Å². The lowest BCUT2D eigenvalue weighted by molar-refractivity contribution is -0.135. The number of thioether (sulfide) groups is 1. The third kappa shape index (κ3) is 3.91. The Morgan fingerprint density at radius 3 is 1.60 bits per heavy atom. The zero-order valence-electron chi connectivity index (χ0n) is 10.1. The average Bonchev–Trinajstić information content (AvgIpc) is 2.49. The van der Waals surface area contributed by atoms with E-state index in [1.165, 1.54) is 18.8 Å². The maximum absolute atomic E-state index is 11.1. The van der Waals surface area contributed by atoms with E-state index in [9.17, 15) is 9.59 Å². The lowest BCUT2D eigenvalue weighted by Gasteiger charge is -2.04. The third-order valence-corrected chi connectivity index (χ3v) is 2.78. The number of carbonyl (C=O) groups excluding carboxylic acids is 2. The summed E-state index contributed by atoms with van der Waals surface area (Å²) in [5.74, 6) is -0.574. The number of hydrogen-bond acceptors (Lipinski definition) is 4. The van der Waals surface area contributed by atoms with Crippen molar-refractivity contribution in [3.05, 3.63) is 9.81 Å². The highest BCUT2D eigenvalue weighted by Crippen LogP contribution is 2.28. The van der Waals surface area contributed by atoms with Gasteiger partial charge in [0.25, 0.3) is 11.8 Å². The maximum atomic E-state index is 11.1. The number of hydrogen-bond donors (Lipinski definition) is 1. The van der Waals surface area contributed by atoms with Crippen molar-refractivity contribution in [2.24, 2.45) is 0 Å². The molecule has 0 aliphatic carbocycles. The van der Waals surface area contributed by atoms with E-state index in [2.05, 4.69) is 12.6 Å². The topological polar surface area (TPSA) is 37.4 Å². The van der Waals surface area contributed by atoms with Crippen LogP contribution in [0.2, 0.25) is 0 Å². The largest absolute Gasteiger partial charge is 0.277 e. The van der Waals surface area contributed by atoms with Gasteiger partial charge >= 0.3 is 0 Å². The van der Waals surface area contributed by atoms with Gasteiger partial charge in [-0.15, -0.1) is 24.4 Å². The number of likely N-dealkylation sites (N-methyl/N-ethyl adjacent to an activating group) is 1. The first-order valence-corrected chi connectivity index (χ1v) is 6.56. The number of nitrogens with zero attached hydrogens (tertiary/aromatic N) is 1. The molecule has 0 aromatic carbocycles. The van der Waals surface area contributed by atoms with Crippen LogP contribution in [0.5, 0.6) is 0 Å². The van der Waals surface area contributed by atoms with Gasteiger partial charge in [-0.05, 0) is 6.26 Å². The highest BCUT2D eigenvalue weighted by molar-refractivity contribution is 8.04. The van der Waals surface area contributed by atoms with Crippen LogP contribution in [-0.4, -0.2) is 30.0 Å². The Labute approximate surface area is 102 Å². The summed E-state index contributed by atoms with van der Waals surface area (Å²) in [6.07, 6.45) is 1.75. The van der Waals surface area contributed by atoms with Crippen LogP contribution in [0.25, 0.3) is 0 Å². The molecule has 1 heterocycles. The SMILES string of the molecule is CC.CC.CSC1=C(S)C(=O)N(C)C1=O. The monoisotopic (exact) mass is 249 g/mol. The molecule has 0 aromatic heterocycles. The molecule has 0 radical (unpaired) electrons. The van der Waals surface area contributed by atoms with E-state index in [1.807, 2.05) is 27.7 Å². The Morgan fingerprint density at radius 1 is 1.07 bits per heavy atom. The Kier molecular flexibility index (Phi) is 10.0. The highest BCUT2D eigenvalue weighted by atomic mass is 32.2. The number of carbonyl (C=O) groups is 2. The van der Waals surface area contributed by atoms with Crippen molar-refractivity contribution in [1.29, 1.82) is 0 Å². The quantitative estimate of drug-likeness (QED) is 0.573. The molecule has 5 heteroatoms. The lowest BCUT2D eigenvalue weighted by atomic mass is 10.5. The molecule has 3 nitrogen and oxygen atoms in total. The van der Waals surface area contributed by atoms with E-state index in [4.69, 9.17) is 0 Å². The minimum absolute atomic E-state index is 0.255. The Balaban J connectivity index is 0. The molecule has 1 aliphatic rings. The van der Waals surface area contributed by atoms with Gasteiger partial charge in [-0.25, -0.2) is 0 Å². The molecule has 15 heavy (non-hydrogen) atoms. The summed E-state index contributed by atoms with van der Waals surface area (Å²) in [5, 5.41) is 0. The van der Waals surface area contributed by atoms with Gasteiger partial charge in [-0.3, -0.25) is 14.5 Å². The molecular weight excluding hydrogens is 230 g/mol. The van der Waals surface area contributed by atoms with Gasteiger partial charge < -0.3 is 0 Å². The molecule has 0 bridgehead atoms. The predicted molar refractivity (Wildman–Crippen MR) is 70.0 cm³/mol. The normalized spacial score (nSPS) is 14.5. The molecule has 2 amide bonds. The standard InChI is InChI=1S/C6H7NO2S2.2C2H6/c1-7-5(8)3(10)4(11-2)6(7)9;2*1-2/h10H,1-2H3;2*1-2H3. The van der Waals surface area contributed by atoms with Gasteiger partial charge in [0.05, 0.1) is 9.81 Å². The summed E-state index contributed by atoms with van der Waals surface area (Å²) in [7, 11) is 1.45. The van der Waals surface area contributed by atoms with E-state index < -0.39 is 0 Å². The highest BCUT2D eigenvalue weighted by Gasteiger charge is 2.33. The number of thiol groups is 1. The van der Waals surface area contributed by atoms with Crippen molar-refractivity contribution in [3.63, 3.8) is 0 Å². The van der Waals surface area contributed by atoms with Crippen LogP contribution >= 0.6 is 24.4 Å². The molecule has 0 saturated carbocycles. The van der Waals surface area contributed by atoms with Crippen LogP contribution in [0.15, 0.2) is 9.81 Å². The number of rotatable bonds is 1. The van der Waals surface area contributed by atoms with E-state index in [0.717, 1.165) is 4.90 Å². The minimum atomic E-state index is -0.317. The fourth-order valence-corrected chi connectivity index (χ4v) is 1.90. The second-order valence-electron chi connectivity index (χ2n) is 2.05. The molecule has 0 saturated heterocycles. The Morgan fingerprint density at radius 2 is 1.47 bits per heavy atom. The van der Waals surface area contributed by atoms with Crippen LogP contribution in [0, 0.1) is 0 Å². The molecule has 0 atom stereocenters. The first kappa shape index (κ1) is 17.0.